The third-order valence-electron chi connectivity index (χ3n) is 3.67. The van der Waals surface area contributed by atoms with Crippen LogP contribution in [-0.4, -0.2) is 24.3 Å². The number of rotatable bonds is 8. The van der Waals surface area contributed by atoms with Gasteiger partial charge in [0.05, 0.1) is 12.7 Å². The van der Waals surface area contributed by atoms with Gasteiger partial charge in [0, 0.05) is 17.6 Å². The van der Waals surface area contributed by atoms with E-state index in [0.717, 1.165) is 17.7 Å². The van der Waals surface area contributed by atoms with Gasteiger partial charge in [-0.15, -0.1) is 0 Å². The SMILES string of the molecule is CCOc1ccc(C[C@@H](C)NC[C@H](O)c2cccc(Cl)c2)cc1. The Morgan fingerprint density at radius 1 is 1.17 bits per heavy atom. The van der Waals surface area contributed by atoms with E-state index in [1.54, 1.807) is 12.1 Å². The zero-order chi connectivity index (χ0) is 16.7. The van der Waals surface area contributed by atoms with Gasteiger partial charge in [0.15, 0.2) is 0 Å². The summed E-state index contributed by atoms with van der Waals surface area (Å²) in [5, 5.41) is 14.2. The second-order valence-corrected chi connectivity index (χ2v) is 6.10. The Morgan fingerprint density at radius 3 is 2.57 bits per heavy atom. The zero-order valence-corrected chi connectivity index (χ0v) is 14.4. The quantitative estimate of drug-likeness (QED) is 0.767. The molecule has 0 bridgehead atoms. The molecular formula is C19H24ClNO2. The fourth-order valence-electron chi connectivity index (χ4n) is 2.46. The van der Waals surface area contributed by atoms with Crippen LogP contribution < -0.4 is 10.1 Å². The van der Waals surface area contributed by atoms with Crippen molar-refractivity contribution < 1.29 is 9.84 Å². The predicted octanol–water partition coefficient (Wildman–Crippen LogP) is 3.99. The molecule has 0 heterocycles. The number of hydrogen-bond acceptors (Lipinski definition) is 3. The topological polar surface area (TPSA) is 41.5 Å². The minimum atomic E-state index is -0.559. The third kappa shape index (κ3) is 5.87. The van der Waals surface area contributed by atoms with Crippen LogP contribution in [0.1, 0.15) is 31.1 Å². The molecule has 2 aromatic rings. The summed E-state index contributed by atoms with van der Waals surface area (Å²) in [6.45, 7) is 5.27. The molecule has 0 amide bonds. The molecule has 0 unspecified atom stereocenters. The van der Waals surface area contributed by atoms with Gasteiger partial charge in [-0.3, -0.25) is 0 Å². The number of aliphatic hydroxyl groups excluding tert-OH is 1. The van der Waals surface area contributed by atoms with Crippen molar-refractivity contribution in [2.24, 2.45) is 0 Å². The van der Waals surface area contributed by atoms with E-state index in [2.05, 4.69) is 24.4 Å². The van der Waals surface area contributed by atoms with E-state index in [4.69, 9.17) is 16.3 Å². The van der Waals surface area contributed by atoms with Gasteiger partial charge in [-0.25, -0.2) is 0 Å². The van der Waals surface area contributed by atoms with Crippen LogP contribution in [0.15, 0.2) is 48.5 Å². The number of hydrogen-bond donors (Lipinski definition) is 2. The monoisotopic (exact) mass is 333 g/mol. The average molecular weight is 334 g/mol. The standard InChI is InChI=1S/C19H24ClNO2/c1-3-23-18-9-7-15(8-10-18)11-14(2)21-13-19(22)16-5-4-6-17(20)12-16/h4-10,12,14,19,21-22H,3,11,13H2,1-2H3/t14-,19+/m1/s1. The molecule has 0 aliphatic heterocycles. The molecule has 4 heteroatoms. The van der Waals surface area contributed by atoms with Gasteiger partial charge < -0.3 is 15.2 Å². The highest BCUT2D eigenvalue weighted by molar-refractivity contribution is 6.30. The fourth-order valence-corrected chi connectivity index (χ4v) is 2.66. The van der Waals surface area contributed by atoms with Crippen molar-refractivity contribution in [3.63, 3.8) is 0 Å². The summed E-state index contributed by atoms with van der Waals surface area (Å²) in [5.41, 5.74) is 2.07. The first-order valence-corrected chi connectivity index (χ1v) is 8.35. The largest absolute Gasteiger partial charge is 0.494 e. The lowest BCUT2D eigenvalue weighted by atomic mass is 10.1. The normalized spacial score (nSPS) is 13.6. The van der Waals surface area contributed by atoms with Gasteiger partial charge in [-0.05, 0) is 55.7 Å². The van der Waals surface area contributed by atoms with E-state index in [-0.39, 0.29) is 6.04 Å². The molecule has 0 radical (unpaired) electrons. The maximum atomic E-state index is 10.2. The van der Waals surface area contributed by atoms with Gasteiger partial charge in [-0.2, -0.15) is 0 Å². The highest BCUT2D eigenvalue weighted by Crippen LogP contribution is 2.17. The highest BCUT2D eigenvalue weighted by atomic mass is 35.5. The number of nitrogens with one attached hydrogen (secondary N) is 1. The van der Waals surface area contributed by atoms with Gasteiger partial charge >= 0.3 is 0 Å². The molecule has 0 aliphatic carbocycles. The molecular weight excluding hydrogens is 310 g/mol. The molecule has 2 N–H and O–H groups in total. The summed E-state index contributed by atoms with van der Waals surface area (Å²) in [4.78, 5) is 0. The van der Waals surface area contributed by atoms with Crippen molar-refractivity contribution >= 4 is 11.6 Å². The van der Waals surface area contributed by atoms with Crippen molar-refractivity contribution in [2.45, 2.75) is 32.4 Å². The van der Waals surface area contributed by atoms with E-state index in [0.29, 0.717) is 18.2 Å². The first-order valence-electron chi connectivity index (χ1n) is 7.97. The van der Waals surface area contributed by atoms with Crippen LogP contribution in [0.3, 0.4) is 0 Å². The van der Waals surface area contributed by atoms with E-state index in [1.807, 2.05) is 31.2 Å². The minimum absolute atomic E-state index is 0.266. The molecule has 0 saturated carbocycles. The van der Waals surface area contributed by atoms with Crippen LogP contribution in [0.5, 0.6) is 5.75 Å². The van der Waals surface area contributed by atoms with Crippen molar-refractivity contribution in [2.75, 3.05) is 13.2 Å². The smallest absolute Gasteiger partial charge is 0.119 e. The molecule has 3 nitrogen and oxygen atoms in total. The lowest BCUT2D eigenvalue weighted by molar-refractivity contribution is 0.170. The molecule has 124 valence electrons. The summed E-state index contributed by atoms with van der Waals surface area (Å²) < 4.78 is 5.44. The Balaban J connectivity index is 1.81. The van der Waals surface area contributed by atoms with Crippen LogP contribution in [-0.2, 0) is 6.42 Å². The lowest BCUT2D eigenvalue weighted by Crippen LogP contribution is -2.32. The van der Waals surface area contributed by atoms with Crippen LogP contribution >= 0.6 is 11.6 Å². The molecule has 0 saturated heterocycles. The molecule has 2 aromatic carbocycles. The fraction of sp³-hybridized carbons (Fsp3) is 0.368. The molecule has 0 aromatic heterocycles. The van der Waals surface area contributed by atoms with Crippen LogP contribution in [0, 0.1) is 0 Å². The van der Waals surface area contributed by atoms with Gasteiger partial charge in [0.25, 0.3) is 0 Å². The van der Waals surface area contributed by atoms with E-state index in [1.165, 1.54) is 5.56 Å². The van der Waals surface area contributed by atoms with Crippen molar-refractivity contribution in [3.05, 3.63) is 64.7 Å². The number of ether oxygens (including phenoxy) is 1. The number of halogens is 1. The molecule has 0 spiro atoms. The molecule has 2 rings (SSSR count). The second kappa shape index (κ2) is 8.92. The van der Waals surface area contributed by atoms with Gasteiger partial charge in [0.2, 0.25) is 0 Å². The van der Waals surface area contributed by atoms with E-state index >= 15 is 0 Å². The summed E-state index contributed by atoms with van der Waals surface area (Å²) in [6, 6.07) is 15.7. The van der Waals surface area contributed by atoms with Crippen LogP contribution in [0.4, 0.5) is 0 Å². The van der Waals surface area contributed by atoms with E-state index in [9.17, 15) is 5.11 Å². The predicted molar refractivity (Wildman–Crippen MR) is 95.2 cm³/mol. The number of benzene rings is 2. The summed E-state index contributed by atoms with van der Waals surface area (Å²) >= 11 is 5.95. The Morgan fingerprint density at radius 2 is 1.91 bits per heavy atom. The zero-order valence-electron chi connectivity index (χ0n) is 13.6. The van der Waals surface area contributed by atoms with Crippen LogP contribution in [0.25, 0.3) is 0 Å². The Hall–Kier alpha value is -1.55. The van der Waals surface area contributed by atoms with Crippen LogP contribution in [0.2, 0.25) is 5.02 Å². The van der Waals surface area contributed by atoms with E-state index < -0.39 is 6.10 Å². The Kier molecular flexibility index (Phi) is 6.90. The Bertz CT molecular complexity index is 601. The maximum Gasteiger partial charge on any atom is 0.119 e. The summed E-state index contributed by atoms with van der Waals surface area (Å²) in [7, 11) is 0. The molecule has 2 atom stereocenters. The Labute approximate surface area is 143 Å². The average Bonchev–Trinajstić information content (AvgIpc) is 2.55. The maximum absolute atomic E-state index is 10.2. The molecule has 0 aliphatic rings. The first kappa shape index (κ1) is 17.8. The van der Waals surface area contributed by atoms with Crippen molar-refractivity contribution in [1.29, 1.82) is 0 Å². The lowest BCUT2D eigenvalue weighted by Gasteiger charge is -2.18. The second-order valence-electron chi connectivity index (χ2n) is 5.66. The highest BCUT2D eigenvalue weighted by Gasteiger charge is 2.10. The van der Waals surface area contributed by atoms with Crippen molar-refractivity contribution in [3.8, 4) is 5.75 Å². The van der Waals surface area contributed by atoms with Gasteiger partial charge in [0.1, 0.15) is 5.75 Å². The first-order chi connectivity index (χ1) is 11.1. The summed E-state index contributed by atoms with van der Waals surface area (Å²) in [5.74, 6) is 0.897. The van der Waals surface area contributed by atoms with Gasteiger partial charge in [-0.1, -0.05) is 35.9 Å². The van der Waals surface area contributed by atoms with Crippen molar-refractivity contribution in [1.82, 2.24) is 5.32 Å². The minimum Gasteiger partial charge on any atom is -0.494 e. The number of aliphatic hydroxyl groups is 1. The third-order valence-corrected chi connectivity index (χ3v) is 3.90. The molecule has 0 fully saturated rings. The molecule has 23 heavy (non-hydrogen) atoms. The summed E-state index contributed by atoms with van der Waals surface area (Å²) in [6.07, 6.45) is 0.339.